The van der Waals surface area contributed by atoms with Gasteiger partial charge < -0.3 is 25.3 Å². The molecule has 1 amide bonds. The number of amides is 1. The summed E-state index contributed by atoms with van der Waals surface area (Å²) in [6.07, 6.45) is 1.31. The van der Waals surface area contributed by atoms with E-state index in [0.29, 0.717) is 54.9 Å². The molecule has 0 spiro atoms. The molecule has 0 radical (unpaired) electrons. The Morgan fingerprint density at radius 2 is 1.88 bits per heavy atom. The molecule has 3 N–H and O–H groups in total. The van der Waals surface area contributed by atoms with Crippen LogP contribution in [0, 0.1) is 11.6 Å². The van der Waals surface area contributed by atoms with Gasteiger partial charge in [-0.25, -0.2) is 13.8 Å². The van der Waals surface area contributed by atoms with Crippen LogP contribution in [0.4, 0.5) is 26.4 Å². The second kappa shape index (κ2) is 10.4. The lowest BCUT2D eigenvalue weighted by atomic mass is 9.98. The maximum absolute atomic E-state index is 16.7. The predicted molar refractivity (Wildman–Crippen MR) is 162 cm³/mol. The molecule has 220 valence electrons. The number of rotatable bonds is 5. The van der Waals surface area contributed by atoms with E-state index in [4.69, 9.17) is 22.3 Å². The molecule has 0 bridgehead atoms. The minimum absolute atomic E-state index is 0.0117. The van der Waals surface area contributed by atoms with Crippen LogP contribution in [0.2, 0.25) is 5.02 Å². The molecule has 4 aromatic rings. The fourth-order valence-electron chi connectivity index (χ4n) is 5.91. The van der Waals surface area contributed by atoms with Gasteiger partial charge in [-0.2, -0.15) is 10.1 Å². The summed E-state index contributed by atoms with van der Waals surface area (Å²) in [4.78, 5) is 30.0. The Bertz CT molecular complexity index is 1740. The van der Waals surface area contributed by atoms with Crippen LogP contribution in [0.3, 0.4) is 0 Å². The number of nitrogens with one attached hydrogen (secondary N) is 1. The molecule has 2 aromatic heterocycles. The minimum Gasteiger partial charge on any atom is -0.382 e. The van der Waals surface area contributed by atoms with Crippen LogP contribution in [0.15, 0.2) is 30.9 Å². The molecule has 2 aliphatic heterocycles. The summed E-state index contributed by atoms with van der Waals surface area (Å²) in [7, 11) is 4.01. The van der Waals surface area contributed by atoms with E-state index < -0.39 is 11.6 Å². The fourth-order valence-corrected chi connectivity index (χ4v) is 6.19. The summed E-state index contributed by atoms with van der Waals surface area (Å²) in [5.41, 5.74) is 6.31. The number of H-pyrrole nitrogens is 1. The van der Waals surface area contributed by atoms with Crippen molar-refractivity contribution in [3.63, 3.8) is 0 Å². The topological polar surface area (TPSA) is 111 Å². The zero-order valence-electron chi connectivity index (χ0n) is 23.8. The van der Waals surface area contributed by atoms with Gasteiger partial charge >= 0.3 is 0 Å². The van der Waals surface area contributed by atoms with Gasteiger partial charge in [0.15, 0.2) is 11.6 Å². The highest BCUT2D eigenvalue weighted by Gasteiger charge is 2.36. The number of aromatic nitrogens is 4. The maximum Gasteiger partial charge on any atom is 0.246 e. The number of aromatic amines is 1. The molecule has 4 heterocycles. The van der Waals surface area contributed by atoms with E-state index in [1.54, 1.807) is 11.0 Å². The summed E-state index contributed by atoms with van der Waals surface area (Å²) < 4.78 is 32.1. The van der Waals surface area contributed by atoms with Crippen molar-refractivity contribution in [2.75, 3.05) is 55.8 Å². The quantitative estimate of drug-likeness (QED) is 0.333. The summed E-state index contributed by atoms with van der Waals surface area (Å²) in [5.74, 6) is -0.710. The van der Waals surface area contributed by atoms with Gasteiger partial charge in [-0.3, -0.25) is 9.89 Å². The number of benzene rings is 2. The number of anilines is 3. The van der Waals surface area contributed by atoms with Gasteiger partial charge in [0.25, 0.3) is 0 Å². The van der Waals surface area contributed by atoms with Crippen molar-refractivity contribution in [1.82, 2.24) is 30.0 Å². The summed E-state index contributed by atoms with van der Waals surface area (Å²) in [6, 6.07) is 4.30. The molecule has 0 aliphatic carbocycles. The summed E-state index contributed by atoms with van der Waals surface area (Å²) in [5, 5.41) is 7.35. The van der Waals surface area contributed by atoms with Gasteiger partial charge in [-0.15, -0.1) is 0 Å². The van der Waals surface area contributed by atoms with Crippen molar-refractivity contribution in [3.05, 3.63) is 47.5 Å². The average Bonchev–Trinajstić information content (AvgIpc) is 3.30. The zero-order chi connectivity index (χ0) is 30.0. The molecule has 2 aliphatic rings. The summed E-state index contributed by atoms with van der Waals surface area (Å²) in [6.45, 7) is 9.79. The molecule has 2 saturated heterocycles. The van der Waals surface area contributed by atoms with Gasteiger partial charge in [-0.05, 0) is 52.2 Å². The fraction of sp³-hybridized carbons (Fsp3) is 0.379. The number of nitrogens with two attached hydrogens (primary N) is 1. The predicted octanol–water partition coefficient (Wildman–Crippen LogP) is 4.05. The van der Waals surface area contributed by atoms with Crippen LogP contribution in [-0.4, -0.2) is 94.3 Å². The minimum atomic E-state index is -0.778. The lowest BCUT2D eigenvalue weighted by Crippen LogP contribution is -2.59. The first-order chi connectivity index (χ1) is 20.0. The third-order valence-electron chi connectivity index (χ3n) is 8.40. The number of hydrogen-bond donors (Lipinski definition) is 2. The molecule has 0 unspecified atom stereocenters. The van der Waals surface area contributed by atoms with E-state index in [0.717, 1.165) is 0 Å². The van der Waals surface area contributed by atoms with Gasteiger partial charge in [0, 0.05) is 60.8 Å². The molecular formula is C29H32ClF2N9O. The van der Waals surface area contributed by atoms with Crippen molar-refractivity contribution in [2.24, 2.45) is 0 Å². The van der Waals surface area contributed by atoms with Crippen LogP contribution in [-0.2, 0) is 4.79 Å². The first-order valence-corrected chi connectivity index (χ1v) is 14.1. The van der Waals surface area contributed by atoms with Crippen LogP contribution in [0.25, 0.3) is 32.9 Å². The highest BCUT2D eigenvalue weighted by molar-refractivity contribution is 6.35. The second-order valence-corrected chi connectivity index (χ2v) is 11.7. The first-order valence-electron chi connectivity index (χ1n) is 13.7. The van der Waals surface area contributed by atoms with E-state index in [1.165, 1.54) is 18.2 Å². The first kappa shape index (κ1) is 28.1. The Hall–Kier alpha value is -4.03. The third kappa shape index (κ3) is 4.40. The van der Waals surface area contributed by atoms with E-state index in [-0.39, 0.29) is 50.9 Å². The number of nitrogen functional groups attached to an aromatic ring is 1. The number of hydrogen-bond acceptors (Lipinski definition) is 8. The summed E-state index contributed by atoms with van der Waals surface area (Å²) >= 11 is 6.76. The molecule has 6 rings (SSSR count). The maximum atomic E-state index is 16.7. The van der Waals surface area contributed by atoms with Gasteiger partial charge in [0.2, 0.25) is 11.9 Å². The lowest BCUT2D eigenvalue weighted by Gasteiger charge is -2.45. The van der Waals surface area contributed by atoms with Crippen LogP contribution in [0.5, 0.6) is 0 Å². The number of nitrogens with zero attached hydrogens (tertiary/aromatic N) is 7. The third-order valence-corrected chi connectivity index (χ3v) is 8.70. The highest BCUT2D eigenvalue weighted by Crippen LogP contribution is 2.44. The van der Waals surface area contributed by atoms with E-state index in [2.05, 4.69) is 31.6 Å². The Labute approximate surface area is 246 Å². The Morgan fingerprint density at radius 1 is 1.14 bits per heavy atom. The lowest BCUT2D eigenvalue weighted by molar-refractivity contribution is -0.128. The molecule has 10 nitrogen and oxygen atoms in total. The van der Waals surface area contributed by atoms with E-state index in [1.807, 2.05) is 32.8 Å². The SMILES string of the molecule is C=CC(=O)N1C[C@H](C)N(c2nc(N3CC(N(C)C)C3)nc3c(F)c(-c4c(F)ccc5[nH]nc(N)c45)c(Cl)cc23)C[C@H]1C. The zero-order valence-corrected chi connectivity index (χ0v) is 24.6. The van der Waals surface area contributed by atoms with Crippen molar-refractivity contribution in [1.29, 1.82) is 0 Å². The van der Waals surface area contributed by atoms with E-state index in [9.17, 15) is 4.79 Å². The average molecular weight is 596 g/mol. The number of fused-ring (bicyclic) bond motifs is 2. The number of carbonyl (C=O) groups excluding carboxylic acids is 1. The standard InChI is InChI=1S/C29H32ClF2N9O/c1-6-21(42)40-10-15(3)41(11-14(40)2)28-17-9-18(30)22(23-19(31)7-8-20-24(23)27(33)37-36-20)25(32)26(17)34-29(35-28)39-12-16(13-39)38(4)5/h6-9,14-16H,1,10-13H2,2-5H3,(H3,33,36,37)/t14-,15+/m1/s1. The molecule has 0 saturated carbocycles. The Morgan fingerprint density at radius 3 is 2.57 bits per heavy atom. The van der Waals surface area contributed by atoms with E-state index >= 15 is 8.78 Å². The number of likely N-dealkylation sites (N-methyl/N-ethyl adjacent to an activating group) is 1. The van der Waals surface area contributed by atoms with Crippen LogP contribution in [0.1, 0.15) is 13.8 Å². The number of halogens is 3. The largest absolute Gasteiger partial charge is 0.382 e. The Kier molecular flexibility index (Phi) is 6.93. The van der Waals surface area contributed by atoms with Crippen molar-refractivity contribution >= 4 is 56.9 Å². The molecule has 2 fully saturated rings. The number of piperazine rings is 1. The smallest absolute Gasteiger partial charge is 0.246 e. The molecular weight excluding hydrogens is 564 g/mol. The van der Waals surface area contributed by atoms with Gasteiger partial charge in [-0.1, -0.05) is 18.2 Å². The Balaban J connectivity index is 1.55. The van der Waals surface area contributed by atoms with Crippen LogP contribution < -0.4 is 15.5 Å². The second-order valence-electron chi connectivity index (χ2n) is 11.3. The highest BCUT2D eigenvalue weighted by atomic mass is 35.5. The van der Waals surface area contributed by atoms with Crippen molar-refractivity contribution in [2.45, 2.75) is 32.0 Å². The molecule has 2 aromatic carbocycles. The monoisotopic (exact) mass is 595 g/mol. The molecule has 2 atom stereocenters. The van der Waals surface area contributed by atoms with Gasteiger partial charge in [0.05, 0.1) is 15.9 Å². The number of carbonyl (C=O) groups is 1. The van der Waals surface area contributed by atoms with Crippen molar-refractivity contribution in [3.8, 4) is 11.1 Å². The molecule has 13 heteroatoms. The van der Waals surface area contributed by atoms with Gasteiger partial charge in [0.1, 0.15) is 17.2 Å². The normalized spacial score (nSPS) is 19.7. The van der Waals surface area contributed by atoms with Crippen molar-refractivity contribution < 1.29 is 13.6 Å². The van der Waals surface area contributed by atoms with Crippen LogP contribution >= 0.6 is 11.6 Å². The molecule has 42 heavy (non-hydrogen) atoms.